The van der Waals surface area contributed by atoms with E-state index in [2.05, 4.69) is 20.5 Å². The van der Waals surface area contributed by atoms with Crippen molar-refractivity contribution in [1.82, 2.24) is 19.4 Å². The number of ether oxygens (including phenoxy) is 1. The summed E-state index contributed by atoms with van der Waals surface area (Å²) in [5.41, 5.74) is 3.07. The van der Waals surface area contributed by atoms with E-state index in [1.165, 1.54) is 6.07 Å². The maximum absolute atomic E-state index is 14.1. The first-order chi connectivity index (χ1) is 19.3. The van der Waals surface area contributed by atoms with Crippen LogP contribution in [0.15, 0.2) is 54.7 Å². The predicted octanol–water partition coefficient (Wildman–Crippen LogP) is 5.41. The number of rotatable bonds is 9. The van der Waals surface area contributed by atoms with Gasteiger partial charge in [-0.05, 0) is 73.8 Å². The Labute approximate surface area is 233 Å². The van der Waals surface area contributed by atoms with Crippen LogP contribution in [0.5, 0.6) is 11.5 Å². The number of benzene rings is 2. The first-order valence-corrected chi connectivity index (χ1v) is 13.6. The minimum absolute atomic E-state index is 0.0510. The molecule has 2 aromatic carbocycles. The Balaban J connectivity index is 1.26. The molecule has 0 radical (unpaired) electrons. The number of aliphatic hydroxyl groups excluding tert-OH is 1. The zero-order valence-corrected chi connectivity index (χ0v) is 23.0. The topological polar surface area (TPSA) is 105 Å². The highest BCUT2D eigenvalue weighted by Gasteiger charge is 2.25. The number of carbonyl (C=O) groups excluding carboxylic acids is 1. The number of fused-ring (bicyclic) bond motifs is 1. The minimum Gasteiger partial charge on any atom is -0.457 e. The van der Waals surface area contributed by atoms with Gasteiger partial charge in [-0.3, -0.25) is 4.79 Å². The number of aryl methyl sites for hydroxylation is 1. The first kappa shape index (κ1) is 27.5. The first-order valence-electron chi connectivity index (χ1n) is 13.6. The van der Waals surface area contributed by atoms with E-state index >= 15 is 0 Å². The lowest BCUT2D eigenvalue weighted by atomic mass is 9.96. The predicted molar refractivity (Wildman–Crippen MR) is 154 cm³/mol. The molecule has 0 saturated carbocycles. The SMILES string of the molecule is CC(C)c1cc(Nc2nc3cc(Oc4ccnc(NC(=O)C5CCN(CCO)CC5)c4)ccc3n2C)ccc1F. The van der Waals surface area contributed by atoms with Crippen LogP contribution in [0.4, 0.5) is 21.8 Å². The number of halogens is 1. The van der Waals surface area contributed by atoms with E-state index in [1.807, 2.05) is 49.7 Å². The fourth-order valence-corrected chi connectivity index (χ4v) is 5.02. The summed E-state index contributed by atoms with van der Waals surface area (Å²) in [6, 6.07) is 14.1. The number of piperidine rings is 1. The molecular weight excluding hydrogens is 511 g/mol. The van der Waals surface area contributed by atoms with Gasteiger partial charge in [0.25, 0.3) is 0 Å². The fraction of sp³-hybridized carbons (Fsp3) is 0.367. The lowest BCUT2D eigenvalue weighted by Gasteiger charge is -2.30. The monoisotopic (exact) mass is 546 g/mol. The Kier molecular flexibility index (Phi) is 8.27. The van der Waals surface area contributed by atoms with Gasteiger partial charge in [0.1, 0.15) is 23.1 Å². The maximum atomic E-state index is 14.1. The summed E-state index contributed by atoms with van der Waals surface area (Å²) in [4.78, 5) is 24.0. The largest absolute Gasteiger partial charge is 0.457 e. The lowest BCUT2D eigenvalue weighted by molar-refractivity contribution is -0.121. The number of anilines is 3. The Morgan fingerprint density at radius 2 is 1.90 bits per heavy atom. The van der Waals surface area contributed by atoms with E-state index in [9.17, 15) is 9.18 Å². The van der Waals surface area contributed by atoms with Gasteiger partial charge in [0.15, 0.2) is 0 Å². The summed E-state index contributed by atoms with van der Waals surface area (Å²) in [7, 11) is 1.92. The van der Waals surface area contributed by atoms with Gasteiger partial charge in [-0.2, -0.15) is 0 Å². The number of nitrogens with one attached hydrogen (secondary N) is 2. The molecule has 40 heavy (non-hydrogen) atoms. The molecule has 0 aliphatic carbocycles. The number of hydrogen-bond donors (Lipinski definition) is 3. The summed E-state index contributed by atoms with van der Waals surface area (Å²) >= 11 is 0. The molecule has 1 saturated heterocycles. The number of hydrogen-bond acceptors (Lipinski definition) is 7. The highest BCUT2D eigenvalue weighted by atomic mass is 19.1. The molecule has 0 unspecified atom stereocenters. The number of pyridine rings is 1. The number of imidazole rings is 1. The summed E-state index contributed by atoms with van der Waals surface area (Å²) < 4.78 is 22.2. The molecule has 1 fully saturated rings. The Morgan fingerprint density at radius 1 is 1.12 bits per heavy atom. The molecule has 0 spiro atoms. The van der Waals surface area contributed by atoms with E-state index in [-0.39, 0.29) is 30.2 Å². The van der Waals surface area contributed by atoms with Crippen LogP contribution in [0, 0.1) is 11.7 Å². The van der Waals surface area contributed by atoms with Gasteiger partial charge in [0, 0.05) is 43.5 Å². The van der Waals surface area contributed by atoms with Crippen molar-refractivity contribution in [3.63, 3.8) is 0 Å². The summed E-state index contributed by atoms with van der Waals surface area (Å²) in [5.74, 6) is 1.93. The molecule has 2 aromatic heterocycles. The molecule has 3 heterocycles. The van der Waals surface area contributed by atoms with Gasteiger partial charge < -0.3 is 29.9 Å². The molecule has 4 aromatic rings. The molecule has 210 valence electrons. The summed E-state index contributed by atoms with van der Waals surface area (Å²) in [6.07, 6.45) is 3.11. The number of likely N-dealkylation sites (tertiary alicyclic amines) is 1. The van der Waals surface area contributed by atoms with Crippen LogP contribution < -0.4 is 15.4 Å². The number of carbonyl (C=O) groups is 1. The van der Waals surface area contributed by atoms with E-state index in [0.29, 0.717) is 35.4 Å². The average molecular weight is 547 g/mol. The van der Waals surface area contributed by atoms with Crippen LogP contribution in [0.2, 0.25) is 0 Å². The van der Waals surface area contributed by atoms with Crippen molar-refractivity contribution >= 4 is 34.4 Å². The molecule has 1 aliphatic heterocycles. The molecule has 0 atom stereocenters. The molecule has 1 aliphatic rings. The number of amides is 1. The minimum atomic E-state index is -0.217. The Hall–Kier alpha value is -4.02. The fourth-order valence-electron chi connectivity index (χ4n) is 5.02. The van der Waals surface area contributed by atoms with Crippen molar-refractivity contribution < 1.29 is 19.0 Å². The number of β-amino-alcohol motifs (C(OH)–C–C–N with tert-alkyl or cyclic N) is 1. The van der Waals surface area contributed by atoms with Crippen LogP contribution in [0.25, 0.3) is 11.0 Å². The lowest BCUT2D eigenvalue weighted by Crippen LogP contribution is -2.39. The van der Waals surface area contributed by atoms with Gasteiger partial charge >= 0.3 is 0 Å². The van der Waals surface area contributed by atoms with Crippen LogP contribution in [0.3, 0.4) is 0 Å². The zero-order valence-electron chi connectivity index (χ0n) is 23.0. The Morgan fingerprint density at radius 3 is 2.65 bits per heavy atom. The van der Waals surface area contributed by atoms with E-state index in [4.69, 9.17) is 14.8 Å². The number of nitrogens with zero attached hydrogens (tertiary/aromatic N) is 4. The molecular formula is C30H35FN6O3. The van der Waals surface area contributed by atoms with Gasteiger partial charge in [-0.15, -0.1) is 0 Å². The van der Waals surface area contributed by atoms with Gasteiger partial charge in [-0.25, -0.2) is 14.4 Å². The van der Waals surface area contributed by atoms with Crippen molar-refractivity contribution in [3.8, 4) is 11.5 Å². The summed E-state index contributed by atoms with van der Waals surface area (Å²) in [6.45, 7) is 6.29. The second-order valence-electron chi connectivity index (χ2n) is 10.5. The van der Waals surface area contributed by atoms with Gasteiger partial charge in [0.2, 0.25) is 11.9 Å². The highest BCUT2D eigenvalue weighted by Crippen LogP contribution is 2.30. The van der Waals surface area contributed by atoms with E-state index in [1.54, 1.807) is 24.4 Å². The van der Waals surface area contributed by atoms with Crippen LogP contribution in [-0.2, 0) is 11.8 Å². The smallest absolute Gasteiger partial charge is 0.228 e. The normalized spacial score (nSPS) is 14.6. The maximum Gasteiger partial charge on any atom is 0.228 e. The van der Waals surface area contributed by atoms with Crippen molar-refractivity contribution in [2.75, 3.05) is 36.9 Å². The zero-order chi connectivity index (χ0) is 28.2. The molecule has 1 amide bonds. The molecule has 5 rings (SSSR count). The van der Waals surface area contributed by atoms with Crippen LogP contribution in [0.1, 0.15) is 38.2 Å². The third-order valence-electron chi connectivity index (χ3n) is 7.32. The van der Waals surface area contributed by atoms with Crippen LogP contribution in [-0.4, -0.2) is 56.7 Å². The van der Waals surface area contributed by atoms with Crippen molar-refractivity contribution in [1.29, 1.82) is 0 Å². The third kappa shape index (κ3) is 6.24. The Bertz CT molecular complexity index is 1500. The third-order valence-corrected chi connectivity index (χ3v) is 7.32. The van der Waals surface area contributed by atoms with E-state index in [0.717, 1.165) is 42.7 Å². The number of aromatic nitrogens is 3. The van der Waals surface area contributed by atoms with Gasteiger partial charge in [-0.1, -0.05) is 13.8 Å². The summed E-state index contributed by atoms with van der Waals surface area (Å²) in [5, 5.41) is 15.3. The molecule has 3 N–H and O–H groups in total. The van der Waals surface area contributed by atoms with Crippen molar-refractivity contribution in [3.05, 3.63) is 66.1 Å². The second kappa shape index (κ2) is 12.0. The van der Waals surface area contributed by atoms with E-state index < -0.39 is 0 Å². The van der Waals surface area contributed by atoms with Crippen LogP contribution >= 0.6 is 0 Å². The second-order valence-corrected chi connectivity index (χ2v) is 10.5. The quantitative estimate of drug-likeness (QED) is 0.258. The molecule has 9 nitrogen and oxygen atoms in total. The average Bonchev–Trinajstić information content (AvgIpc) is 3.24. The van der Waals surface area contributed by atoms with Crippen molar-refractivity contribution in [2.45, 2.75) is 32.6 Å². The number of aliphatic hydroxyl groups is 1. The molecule has 0 bridgehead atoms. The highest BCUT2D eigenvalue weighted by molar-refractivity contribution is 5.92. The van der Waals surface area contributed by atoms with Gasteiger partial charge in [0.05, 0.1) is 17.6 Å². The molecule has 10 heteroatoms. The van der Waals surface area contributed by atoms with Crippen molar-refractivity contribution in [2.24, 2.45) is 13.0 Å². The standard InChI is InChI=1S/C30H35FN6O3/c1-19(2)24-16-21(4-6-25(24)31)33-30-34-26-17-22(5-7-27(26)36(30)3)40-23-8-11-32-28(18-23)35-29(39)20-9-12-37(13-10-20)14-15-38/h4-8,11,16-20,38H,9-10,12-15H2,1-3H3,(H,33,34)(H,32,35,39).